The van der Waals surface area contributed by atoms with Crippen LogP contribution in [0.2, 0.25) is 0 Å². The number of hydrogen-bond donors (Lipinski definition) is 2. The van der Waals surface area contributed by atoms with E-state index in [-0.39, 0.29) is 0 Å². The van der Waals surface area contributed by atoms with Crippen LogP contribution in [-0.4, -0.2) is 10.1 Å². The molecule has 1 rings (SSSR count). The van der Waals surface area contributed by atoms with Crippen LogP contribution in [0.25, 0.3) is 0 Å². The predicted octanol–water partition coefficient (Wildman–Crippen LogP) is 1.45. The number of anilines is 1. The first kappa shape index (κ1) is 8.63. The SMILES string of the molecule is Nc1c(C(F)F)ncc(O)c1F. The first-order chi connectivity index (χ1) is 5.54. The Morgan fingerprint density at radius 1 is 1.50 bits per heavy atom. The Balaban J connectivity index is 3.27. The summed E-state index contributed by atoms with van der Waals surface area (Å²) in [6.07, 6.45) is -2.35. The highest BCUT2D eigenvalue weighted by atomic mass is 19.3. The van der Waals surface area contributed by atoms with Gasteiger partial charge < -0.3 is 10.8 Å². The smallest absolute Gasteiger partial charge is 0.282 e. The average Bonchev–Trinajstić information content (AvgIpc) is 2.00. The third kappa shape index (κ3) is 1.27. The number of nitrogen functional groups attached to an aromatic ring is 1. The quantitative estimate of drug-likeness (QED) is 0.684. The summed E-state index contributed by atoms with van der Waals surface area (Å²) in [7, 11) is 0. The zero-order chi connectivity index (χ0) is 9.30. The molecule has 0 saturated heterocycles. The molecular formula is C6H5F3N2O. The monoisotopic (exact) mass is 178 g/mol. The molecule has 0 radical (unpaired) electrons. The van der Waals surface area contributed by atoms with E-state index in [1.807, 2.05) is 0 Å². The molecule has 0 bridgehead atoms. The van der Waals surface area contributed by atoms with Crippen molar-refractivity contribution in [1.82, 2.24) is 4.98 Å². The molecular weight excluding hydrogens is 173 g/mol. The molecule has 1 aromatic heterocycles. The molecule has 3 N–H and O–H groups in total. The van der Waals surface area contributed by atoms with Crippen LogP contribution in [0.4, 0.5) is 18.9 Å². The Kier molecular flexibility index (Phi) is 2.07. The molecule has 1 aromatic rings. The van der Waals surface area contributed by atoms with Crippen molar-refractivity contribution in [2.24, 2.45) is 0 Å². The van der Waals surface area contributed by atoms with E-state index >= 15 is 0 Å². The fourth-order valence-corrected chi connectivity index (χ4v) is 0.681. The summed E-state index contributed by atoms with van der Waals surface area (Å²) in [5, 5.41) is 8.64. The molecule has 0 aliphatic carbocycles. The molecule has 0 atom stereocenters. The average molecular weight is 178 g/mol. The second-order valence-electron chi connectivity index (χ2n) is 2.06. The number of pyridine rings is 1. The van der Waals surface area contributed by atoms with E-state index in [1.54, 1.807) is 0 Å². The second-order valence-corrected chi connectivity index (χ2v) is 2.06. The molecule has 0 unspecified atom stereocenters. The molecule has 66 valence electrons. The molecule has 0 aliphatic heterocycles. The number of hydrogen-bond acceptors (Lipinski definition) is 3. The van der Waals surface area contributed by atoms with Gasteiger partial charge in [0, 0.05) is 0 Å². The second kappa shape index (κ2) is 2.88. The number of nitrogens with zero attached hydrogens (tertiary/aromatic N) is 1. The summed E-state index contributed by atoms with van der Waals surface area (Å²) < 4.78 is 36.5. The van der Waals surface area contributed by atoms with Crippen LogP contribution in [0.15, 0.2) is 6.20 Å². The van der Waals surface area contributed by atoms with Crippen LogP contribution in [0.5, 0.6) is 5.75 Å². The summed E-state index contributed by atoms with van der Waals surface area (Å²) in [4.78, 5) is 3.07. The first-order valence-electron chi connectivity index (χ1n) is 2.95. The normalized spacial score (nSPS) is 10.7. The van der Waals surface area contributed by atoms with Crippen LogP contribution in [0, 0.1) is 5.82 Å². The van der Waals surface area contributed by atoms with Crippen molar-refractivity contribution in [3.05, 3.63) is 17.7 Å². The zero-order valence-electron chi connectivity index (χ0n) is 5.76. The third-order valence-electron chi connectivity index (χ3n) is 1.27. The van der Waals surface area contributed by atoms with E-state index in [2.05, 4.69) is 4.98 Å². The van der Waals surface area contributed by atoms with Crippen molar-refractivity contribution >= 4 is 5.69 Å². The largest absolute Gasteiger partial charge is 0.504 e. The van der Waals surface area contributed by atoms with Gasteiger partial charge in [-0.1, -0.05) is 0 Å². The Morgan fingerprint density at radius 3 is 2.58 bits per heavy atom. The zero-order valence-corrected chi connectivity index (χ0v) is 5.76. The Labute approximate surface area is 65.6 Å². The van der Waals surface area contributed by atoms with Crippen LogP contribution < -0.4 is 5.73 Å². The standard InChI is InChI=1S/C6H5F3N2O/c7-3-2(12)1-11-5(4(3)10)6(8)9/h1,6,12H,10H2. The lowest BCUT2D eigenvalue weighted by atomic mass is 10.3. The molecule has 0 amide bonds. The molecule has 1 heterocycles. The number of aromatic hydroxyl groups is 1. The van der Waals surface area contributed by atoms with Gasteiger partial charge in [-0.2, -0.15) is 0 Å². The van der Waals surface area contributed by atoms with Gasteiger partial charge in [-0.3, -0.25) is 0 Å². The highest BCUT2D eigenvalue weighted by Gasteiger charge is 2.18. The van der Waals surface area contributed by atoms with Crippen molar-refractivity contribution in [3.63, 3.8) is 0 Å². The van der Waals surface area contributed by atoms with Gasteiger partial charge in [-0.05, 0) is 0 Å². The highest BCUT2D eigenvalue weighted by molar-refractivity contribution is 5.49. The lowest BCUT2D eigenvalue weighted by molar-refractivity contribution is 0.146. The minimum absolute atomic E-state index is 0.590. The Hall–Kier alpha value is -1.46. The first-order valence-corrected chi connectivity index (χ1v) is 2.95. The summed E-state index contributed by atoms with van der Waals surface area (Å²) in [5.41, 5.74) is 3.24. The fraction of sp³-hybridized carbons (Fsp3) is 0.167. The summed E-state index contributed by atoms with van der Waals surface area (Å²) in [6, 6.07) is 0. The van der Waals surface area contributed by atoms with E-state index in [1.165, 1.54) is 0 Å². The van der Waals surface area contributed by atoms with Gasteiger partial charge in [0.1, 0.15) is 5.69 Å². The van der Waals surface area contributed by atoms with Gasteiger partial charge in [0.15, 0.2) is 11.6 Å². The minimum Gasteiger partial charge on any atom is -0.504 e. The predicted molar refractivity (Wildman–Crippen MR) is 35.2 cm³/mol. The van der Waals surface area contributed by atoms with Crippen molar-refractivity contribution in [3.8, 4) is 5.75 Å². The Bertz CT molecular complexity index is 303. The number of rotatable bonds is 1. The molecule has 0 saturated carbocycles. The molecule has 3 nitrogen and oxygen atoms in total. The third-order valence-corrected chi connectivity index (χ3v) is 1.27. The molecule has 0 aliphatic rings. The highest BCUT2D eigenvalue weighted by Crippen LogP contribution is 2.28. The molecule has 0 spiro atoms. The van der Waals surface area contributed by atoms with Crippen LogP contribution >= 0.6 is 0 Å². The van der Waals surface area contributed by atoms with E-state index in [0.29, 0.717) is 6.20 Å². The lowest BCUT2D eigenvalue weighted by Crippen LogP contribution is -2.01. The van der Waals surface area contributed by atoms with Gasteiger partial charge in [0.2, 0.25) is 0 Å². The van der Waals surface area contributed by atoms with Crippen LogP contribution in [0.1, 0.15) is 12.1 Å². The van der Waals surface area contributed by atoms with Gasteiger partial charge in [-0.15, -0.1) is 0 Å². The van der Waals surface area contributed by atoms with Gasteiger partial charge in [0.25, 0.3) is 6.43 Å². The summed E-state index contributed by atoms with van der Waals surface area (Å²) in [5.74, 6) is -2.10. The van der Waals surface area contributed by atoms with Crippen LogP contribution in [-0.2, 0) is 0 Å². The van der Waals surface area contributed by atoms with E-state index in [9.17, 15) is 13.2 Å². The van der Waals surface area contributed by atoms with E-state index < -0.39 is 29.4 Å². The van der Waals surface area contributed by atoms with Crippen molar-refractivity contribution < 1.29 is 18.3 Å². The molecule has 0 aromatic carbocycles. The lowest BCUT2D eigenvalue weighted by Gasteiger charge is -2.04. The fourth-order valence-electron chi connectivity index (χ4n) is 0.681. The maximum atomic E-state index is 12.6. The number of aromatic nitrogens is 1. The topological polar surface area (TPSA) is 59.1 Å². The minimum atomic E-state index is -2.94. The van der Waals surface area contributed by atoms with E-state index in [0.717, 1.165) is 0 Å². The van der Waals surface area contributed by atoms with Crippen molar-refractivity contribution in [1.29, 1.82) is 0 Å². The van der Waals surface area contributed by atoms with Gasteiger partial charge >= 0.3 is 0 Å². The summed E-state index contributed by atoms with van der Waals surface area (Å²) >= 11 is 0. The molecule has 6 heteroatoms. The number of halogens is 3. The van der Waals surface area contributed by atoms with Crippen LogP contribution in [0.3, 0.4) is 0 Å². The maximum absolute atomic E-state index is 12.6. The van der Waals surface area contributed by atoms with Gasteiger partial charge in [-0.25, -0.2) is 18.2 Å². The van der Waals surface area contributed by atoms with Gasteiger partial charge in [0.05, 0.1) is 11.9 Å². The van der Waals surface area contributed by atoms with Crippen molar-refractivity contribution in [2.75, 3.05) is 5.73 Å². The number of nitrogens with two attached hydrogens (primary N) is 1. The number of alkyl halides is 2. The Morgan fingerprint density at radius 2 is 2.08 bits per heavy atom. The maximum Gasteiger partial charge on any atom is 0.282 e. The van der Waals surface area contributed by atoms with Crippen molar-refractivity contribution in [2.45, 2.75) is 6.43 Å². The van der Waals surface area contributed by atoms with E-state index in [4.69, 9.17) is 10.8 Å². The summed E-state index contributed by atoms with van der Waals surface area (Å²) in [6.45, 7) is 0. The molecule has 12 heavy (non-hydrogen) atoms. The molecule has 0 fully saturated rings.